The number of hydrogen-bond donors (Lipinski definition) is 0. The molecule has 28 heavy (non-hydrogen) atoms. The molecule has 2 rings (SSSR count). The van der Waals surface area contributed by atoms with Gasteiger partial charge in [-0.2, -0.15) is 5.26 Å². The molecule has 0 aliphatic heterocycles. The molecule has 0 aliphatic rings. The van der Waals surface area contributed by atoms with E-state index in [2.05, 4.69) is 6.92 Å². The van der Waals surface area contributed by atoms with Gasteiger partial charge in [-0.15, -0.1) is 0 Å². The molecule has 5 heteroatoms. The van der Waals surface area contributed by atoms with Crippen molar-refractivity contribution in [2.45, 2.75) is 52.1 Å². The van der Waals surface area contributed by atoms with Crippen LogP contribution in [0.5, 0.6) is 5.75 Å². The minimum Gasteiger partial charge on any atom is -0.423 e. The number of ether oxygens (including phenoxy) is 2. The van der Waals surface area contributed by atoms with Crippen LogP contribution < -0.4 is 4.74 Å². The van der Waals surface area contributed by atoms with E-state index in [1.807, 2.05) is 12.1 Å². The van der Waals surface area contributed by atoms with E-state index in [0.717, 1.165) is 24.7 Å². The lowest BCUT2D eigenvalue weighted by molar-refractivity contribution is 0.0734. The van der Waals surface area contributed by atoms with Crippen molar-refractivity contribution in [2.75, 3.05) is 6.61 Å². The highest BCUT2D eigenvalue weighted by Gasteiger charge is 2.11. The highest BCUT2D eigenvalue weighted by atomic mass is 19.1. The van der Waals surface area contributed by atoms with Gasteiger partial charge in [0.1, 0.15) is 17.6 Å². The number of unbranched alkanes of at least 4 members (excludes halogenated alkanes) is 5. The summed E-state index contributed by atoms with van der Waals surface area (Å²) in [5.74, 6) is -1.23. The Labute approximate surface area is 165 Å². The lowest BCUT2D eigenvalue weighted by Crippen LogP contribution is -2.09. The molecule has 0 atom stereocenters. The number of nitrogens with zero attached hydrogens (tertiary/aromatic N) is 1. The molecule has 0 heterocycles. The van der Waals surface area contributed by atoms with E-state index >= 15 is 0 Å². The minimum atomic E-state index is -0.717. The van der Waals surface area contributed by atoms with E-state index in [4.69, 9.17) is 14.7 Å². The molecular weight excluding hydrogens is 357 g/mol. The summed E-state index contributed by atoms with van der Waals surface area (Å²) >= 11 is 0. The van der Waals surface area contributed by atoms with Crippen LogP contribution >= 0.6 is 0 Å². The summed E-state index contributed by atoms with van der Waals surface area (Å²) in [7, 11) is 0. The Bertz CT molecular complexity index is 796. The molecule has 0 aromatic heterocycles. The average Bonchev–Trinajstić information content (AvgIpc) is 2.70. The fraction of sp³-hybridized carbons (Fsp3) is 0.391. The molecule has 2 aromatic rings. The second kappa shape index (κ2) is 11.9. The summed E-state index contributed by atoms with van der Waals surface area (Å²) in [5, 5.41) is 8.72. The molecule has 0 unspecified atom stereocenters. The molecule has 2 aromatic carbocycles. The lowest BCUT2D eigenvalue weighted by Gasteiger charge is -2.07. The third-order valence-corrected chi connectivity index (χ3v) is 4.37. The van der Waals surface area contributed by atoms with Crippen LogP contribution in [0.2, 0.25) is 0 Å². The SMILES string of the molecule is CCCCCCCCOCc1ccc(C(=O)Oc2ccc(C#N)c(F)c2)cc1. The van der Waals surface area contributed by atoms with Crippen LogP contribution in [0.25, 0.3) is 0 Å². The number of esters is 1. The maximum Gasteiger partial charge on any atom is 0.343 e. The number of rotatable bonds is 11. The first-order valence-electron chi connectivity index (χ1n) is 9.72. The van der Waals surface area contributed by atoms with Crippen LogP contribution in [-0.2, 0) is 11.3 Å². The number of benzene rings is 2. The van der Waals surface area contributed by atoms with Crippen LogP contribution in [0.15, 0.2) is 42.5 Å². The number of carbonyl (C=O) groups is 1. The predicted octanol–water partition coefficient (Wildman–Crippen LogP) is 5.79. The van der Waals surface area contributed by atoms with Crippen molar-refractivity contribution in [2.24, 2.45) is 0 Å². The molecule has 0 radical (unpaired) electrons. The van der Waals surface area contributed by atoms with Crippen molar-refractivity contribution in [1.82, 2.24) is 0 Å². The first-order valence-corrected chi connectivity index (χ1v) is 9.72. The Hall–Kier alpha value is -2.71. The van der Waals surface area contributed by atoms with Crippen molar-refractivity contribution < 1.29 is 18.7 Å². The fourth-order valence-corrected chi connectivity index (χ4v) is 2.73. The summed E-state index contributed by atoms with van der Waals surface area (Å²) < 4.78 is 24.4. The van der Waals surface area contributed by atoms with Gasteiger partial charge in [0, 0.05) is 12.7 Å². The van der Waals surface area contributed by atoms with Gasteiger partial charge in [0.05, 0.1) is 17.7 Å². The summed E-state index contributed by atoms with van der Waals surface area (Å²) in [6.07, 6.45) is 7.37. The van der Waals surface area contributed by atoms with E-state index in [-0.39, 0.29) is 11.3 Å². The van der Waals surface area contributed by atoms with Crippen molar-refractivity contribution in [3.8, 4) is 11.8 Å². The minimum absolute atomic E-state index is 0.0628. The zero-order valence-corrected chi connectivity index (χ0v) is 16.2. The van der Waals surface area contributed by atoms with E-state index in [1.54, 1.807) is 18.2 Å². The third-order valence-electron chi connectivity index (χ3n) is 4.37. The van der Waals surface area contributed by atoms with Crippen LogP contribution in [0.4, 0.5) is 4.39 Å². The second-order valence-electron chi connectivity index (χ2n) is 6.66. The van der Waals surface area contributed by atoms with Crippen molar-refractivity contribution in [1.29, 1.82) is 5.26 Å². The highest BCUT2D eigenvalue weighted by Crippen LogP contribution is 2.18. The molecule has 0 saturated carbocycles. The molecule has 0 bridgehead atoms. The second-order valence-corrected chi connectivity index (χ2v) is 6.66. The van der Waals surface area contributed by atoms with Gasteiger partial charge < -0.3 is 9.47 Å². The lowest BCUT2D eigenvalue weighted by atomic mass is 10.1. The number of hydrogen-bond acceptors (Lipinski definition) is 4. The largest absolute Gasteiger partial charge is 0.423 e. The van der Waals surface area contributed by atoms with Crippen LogP contribution in [0.1, 0.15) is 66.9 Å². The number of nitriles is 1. The van der Waals surface area contributed by atoms with Crippen LogP contribution in [0, 0.1) is 17.1 Å². The molecule has 0 amide bonds. The zero-order chi connectivity index (χ0) is 20.2. The molecule has 0 spiro atoms. The van der Waals surface area contributed by atoms with E-state index in [9.17, 15) is 9.18 Å². The molecule has 0 N–H and O–H groups in total. The monoisotopic (exact) mass is 383 g/mol. The molecule has 4 nitrogen and oxygen atoms in total. The molecule has 148 valence electrons. The van der Waals surface area contributed by atoms with E-state index in [0.29, 0.717) is 12.2 Å². The molecular formula is C23H26FNO3. The van der Waals surface area contributed by atoms with Gasteiger partial charge in [-0.05, 0) is 36.2 Å². The van der Waals surface area contributed by atoms with Crippen molar-refractivity contribution >= 4 is 5.97 Å². The first-order chi connectivity index (χ1) is 13.6. The summed E-state index contributed by atoms with van der Waals surface area (Å²) in [5.41, 5.74) is 1.25. The summed E-state index contributed by atoms with van der Waals surface area (Å²) in [6.45, 7) is 3.45. The first kappa shape index (κ1) is 21.6. The normalized spacial score (nSPS) is 10.5. The maximum absolute atomic E-state index is 13.6. The number of halogens is 1. The van der Waals surface area contributed by atoms with Gasteiger partial charge in [-0.25, -0.2) is 9.18 Å². The van der Waals surface area contributed by atoms with Gasteiger partial charge in [-0.1, -0.05) is 51.2 Å². The standard InChI is InChI=1S/C23H26FNO3/c1-2-3-4-5-6-7-14-27-17-18-8-10-19(11-9-18)23(26)28-21-13-12-20(16-25)22(24)15-21/h8-13,15H,2-7,14,17H2,1H3. The van der Waals surface area contributed by atoms with Gasteiger partial charge in [0.25, 0.3) is 0 Å². The zero-order valence-electron chi connectivity index (χ0n) is 16.2. The Morgan fingerprint density at radius 1 is 1.04 bits per heavy atom. The Morgan fingerprint density at radius 3 is 2.43 bits per heavy atom. The highest BCUT2D eigenvalue weighted by molar-refractivity contribution is 5.91. The van der Waals surface area contributed by atoms with Crippen molar-refractivity contribution in [3.63, 3.8) is 0 Å². The van der Waals surface area contributed by atoms with Gasteiger partial charge >= 0.3 is 5.97 Å². The van der Waals surface area contributed by atoms with Crippen LogP contribution in [-0.4, -0.2) is 12.6 Å². The van der Waals surface area contributed by atoms with Gasteiger partial charge in [0.2, 0.25) is 0 Å². The Balaban J connectivity index is 1.75. The van der Waals surface area contributed by atoms with Gasteiger partial charge in [-0.3, -0.25) is 0 Å². The molecule has 0 saturated heterocycles. The maximum atomic E-state index is 13.6. The Kier molecular flexibility index (Phi) is 9.17. The van der Waals surface area contributed by atoms with Crippen LogP contribution in [0.3, 0.4) is 0 Å². The smallest absolute Gasteiger partial charge is 0.343 e. The van der Waals surface area contributed by atoms with Crippen molar-refractivity contribution in [3.05, 3.63) is 65.0 Å². The van der Waals surface area contributed by atoms with E-state index in [1.165, 1.54) is 44.2 Å². The molecule has 0 aliphatic carbocycles. The molecule has 0 fully saturated rings. The van der Waals surface area contributed by atoms with E-state index < -0.39 is 11.8 Å². The number of carbonyl (C=O) groups excluding carboxylic acids is 1. The Morgan fingerprint density at radius 2 is 1.75 bits per heavy atom. The third kappa shape index (κ3) is 7.13. The predicted molar refractivity (Wildman–Crippen MR) is 106 cm³/mol. The average molecular weight is 383 g/mol. The summed E-state index contributed by atoms with van der Waals surface area (Å²) in [6, 6.07) is 12.4. The quantitative estimate of drug-likeness (QED) is 0.280. The summed E-state index contributed by atoms with van der Waals surface area (Å²) in [4.78, 5) is 12.2. The topological polar surface area (TPSA) is 59.3 Å². The van der Waals surface area contributed by atoms with Gasteiger partial charge in [0.15, 0.2) is 0 Å². The fourth-order valence-electron chi connectivity index (χ4n) is 2.73.